The Morgan fingerprint density at radius 1 is 1.45 bits per heavy atom. The third-order valence-electron chi connectivity index (χ3n) is 1.47. The largest absolute Gasteiger partial charge is 0.481 e. The Labute approximate surface area is 66.6 Å². The van der Waals surface area contributed by atoms with Crippen LogP contribution in [-0.2, 0) is 4.79 Å². The number of rotatable bonds is 6. The van der Waals surface area contributed by atoms with Crippen LogP contribution in [0.25, 0.3) is 0 Å². The summed E-state index contributed by atoms with van der Waals surface area (Å²) in [6.07, 6.45) is 2.66. The summed E-state index contributed by atoms with van der Waals surface area (Å²) < 4.78 is 0. The van der Waals surface area contributed by atoms with Gasteiger partial charge in [-0.25, -0.2) is 0 Å². The van der Waals surface area contributed by atoms with Gasteiger partial charge in [-0.15, -0.1) is 0 Å². The molecule has 4 heteroatoms. The molecule has 0 aliphatic carbocycles. The molecule has 11 heavy (non-hydrogen) atoms. The Bertz CT molecular complexity index is 117. The molecule has 0 rings (SSSR count). The van der Waals surface area contributed by atoms with Crippen LogP contribution >= 0.6 is 0 Å². The van der Waals surface area contributed by atoms with E-state index in [1.54, 1.807) is 0 Å². The molecule has 4 nitrogen and oxygen atoms in total. The average molecular weight is 160 g/mol. The molecule has 0 aliphatic rings. The van der Waals surface area contributed by atoms with Crippen LogP contribution in [0.2, 0.25) is 0 Å². The van der Waals surface area contributed by atoms with E-state index >= 15 is 0 Å². The number of carboxylic acids is 1. The fraction of sp³-hybridized carbons (Fsp3) is 0.857. The highest BCUT2D eigenvalue weighted by atomic mass is 16.4. The molecule has 5 N–H and O–H groups in total. The highest BCUT2D eigenvalue weighted by Gasteiger charge is 2.06. The lowest BCUT2D eigenvalue weighted by Gasteiger charge is -2.06. The Morgan fingerprint density at radius 2 is 2.09 bits per heavy atom. The van der Waals surface area contributed by atoms with Gasteiger partial charge in [0.1, 0.15) is 0 Å². The number of unbranched alkanes of at least 4 members (excludes halogenated alkanes) is 1. The molecule has 0 fully saturated rings. The van der Waals surface area contributed by atoms with Crippen molar-refractivity contribution in [1.82, 2.24) is 0 Å². The molecule has 1 atom stereocenters. The number of carboxylic acid groups (broad SMARTS) is 1. The Kier molecular flexibility index (Phi) is 5.78. The molecule has 0 heterocycles. The lowest BCUT2D eigenvalue weighted by molar-refractivity contribution is -0.137. The molecule has 0 aromatic heterocycles. The summed E-state index contributed by atoms with van der Waals surface area (Å²) in [5.74, 6) is -0.828. The molecule has 0 unspecified atom stereocenters. The smallest absolute Gasteiger partial charge is 0.304 e. The monoisotopic (exact) mass is 160 g/mol. The van der Waals surface area contributed by atoms with E-state index in [-0.39, 0.29) is 12.5 Å². The maximum Gasteiger partial charge on any atom is 0.304 e. The van der Waals surface area contributed by atoms with E-state index < -0.39 is 5.97 Å². The first-order valence-corrected chi connectivity index (χ1v) is 3.84. The Balaban J connectivity index is 3.22. The Morgan fingerprint density at radius 3 is 2.55 bits per heavy atom. The van der Waals surface area contributed by atoms with E-state index in [0.29, 0.717) is 6.54 Å². The second-order valence-electron chi connectivity index (χ2n) is 2.64. The first-order valence-electron chi connectivity index (χ1n) is 3.84. The predicted octanol–water partition coefficient (Wildman–Crippen LogP) is -0.0826. The summed E-state index contributed by atoms with van der Waals surface area (Å²) in [6.45, 7) is 0.653. The fourth-order valence-electron chi connectivity index (χ4n) is 0.877. The fourth-order valence-corrected chi connectivity index (χ4v) is 0.877. The number of carbonyl (C=O) groups is 1. The van der Waals surface area contributed by atoms with Crippen molar-refractivity contribution in [2.24, 2.45) is 11.5 Å². The molecule has 0 aliphatic heterocycles. The van der Waals surface area contributed by atoms with Crippen molar-refractivity contribution in [3.05, 3.63) is 0 Å². The highest BCUT2D eigenvalue weighted by Crippen LogP contribution is 2.00. The molecule has 0 radical (unpaired) electrons. The van der Waals surface area contributed by atoms with Gasteiger partial charge in [-0.3, -0.25) is 4.79 Å². The van der Waals surface area contributed by atoms with Crippen LogP contribution in [0.3, 0.4) is 0 Å². The predicted molar refractivity (Wildman–Crippen MR) is 43.1 cm³/mol. The minimum absolute atomic E-state index is 0.0601. The number of nitrogens with two attached hydrogens (primary N) is 2. The molecule has 0 saturated heterocycles. The quantitative estimate of drug-likeness (QED) is 0.474. The summed E-state index contributed by atoms with van der Waals surface area (Å²) in [5, 5.41) is 8.34. The van der Waals surface area contributed by atoms with Gasteiger partial charge in [0.15, 0.2) is 0 Å². The van der Waals surface area contributed by atoms with Gasteiger partial charge in [0.05, 0.1) is 6.42 Å². The van der Waals surface area contributed by atoms with Crippen molar-refractivity contribution >= 4 is 5.97 Å². The number of hydrogen-bond acceptors (Lipinski definition) is 3. The van der Waals surface area contributed by atoms with E-state index in [1.165, 1.54) is 0 Å². The van der Waals surface area contributed by atoms with Crippen LogP contribution in [0.1, 0.15) is 25.7 Å². The van der Waals surface area contributed by atoms with Gasteiger partial charge in [-0.05, 0) is 19.4 Å². The van der Waals surface area contributed by atoms with Gasteiger partial charge < -0.3 is 16.6 Å². The first kappa shape index (κ1) is 10.4. The highest BCUT2D eigenvalue weighted by molar-refractivity contribution is 5.67. The van der Waals surface area contributed by atoms with Crippen molar-refractivity contribution in [3.8, 4) is 0 Å². The molecule has 0 aromatic carbocycles. The van der Waals surface area contributed by atoms with E-state index in [9.17, 15) is 4.79 Å². The van der Waals surface area contributed by atoms with Crippen LogP contribution in [0, 0.1) is 0 Å². The third-order valence-corrected chi connectivity index (χ3v) is 1.47. The maximum atomic E-state index is 10.1. The van der Waals surface area contributed by atoms with Gasteiger partial charge >= 0.3 is 5.97 Å². The van der Waals surface area contributed by atoms with Gasteiger partial charge in [0.2, 0.25) is 0 Å². The SMILES string of the molecule is NCCCC[C@H](N)CC(=O)O. The molecular weight excluding hydrogens is 144 g/mol. The van der Waals surface area contributed by atoms with E-state index in [0.717, 1.165) is 19.3 Å². The lowest BCUT2D eigenvalue weighted by Crippen LogP contribution is -2.23. The summed E-state index contributed by atoms with van der Waals surface area (Å²) in [5.41, 5.74) is 10.8. The molecular formula is C7H16N2O2. The molecule has 0 bridgehead atoms. The van der Waals surface area contributed by atoms with Crippen molar-refractivity contribution in [3.63, 3.8) is 0 Å². The molecule has 66 valence electrons. The zero-order chi connectivity index (χ0) is 8.69. The van der Waals surface area contributed by atoms with Crippen LogP contribution < -0.4 is 11.5 Å². The molecule has 0 spiro atoms. The van der Waals surface area contributed by atoms with Crippen LogP contribution in [0.5, 0.6) is 0 Å². The second-order valence-corrected chi connectivity index (χ2v) is 2.64. The maximum absolute atomic E-state index is 10.1. The van der Waals surface area contributed by atoms with Crippen molar-refractivity contribution < 1.29 is 9.90 Å². The third kappa shape index (κ3) is 7.29. The van der Waals surface area contributed by atoms with Gasteiger partial charge in [0.25, 0.3) is 0 Å². The first-order chi connectivity index (χ1) is 5.16. The van der Waals surface area contributed by atoms with Crippen LogP contribution in [-0.4, -0.2) is 23.7 Å². The summed E-state index contributed by atoms with van der Waals surface area (Å²) in [6, 6.07) is -0.209. The van der Waals surface area contributed by atoms with Crippen molar-refractivity contribution in [2.45, 2.75) is 31.7 Å². The van der Waals surface area contributed by atoms with Crippen molar-refractivity contribution in [2.75, 3.05) is 6.54 Å². The second kappa shape index (κ2) is 6.12. The molecule has 0 aromatic rings. The Hall–Kier alpha value is -0.610. The average Bonchev–Trinajstić information content (AvgIpc) is 1.86. The van der Waals surface area contributed by atoms with Gasteiger partial charge in [0, 0.05) is 6.04 Å². The summed E-state index contributed by atoms with van der Waals surface area (Å²) in [7, 11) is 0. The number of aliphatic carboxylic acids is 1. The zero-order valence-electron chi connectivity index (χ0n) is 6.62. The van der Waals surface area contributed by atoms with Gasteiger partial charge in [-0.1, -0.05) is 6.42 Å². The van der Waals surface area contributed by atoms with Crippen LogP contribution in [0.4, 0.5) is 0 Å². The van der Waals surface area contributed by atoms with E-state index in [1.807, 2.05) is 0 Å². The molecule has 0 saturated carbocycles. The van der Waals surface area contributed by atoms with Crippen molar-refractivity contribution in [1.29, 1.82) is 0 Å². The normalized spacial score (nSPS) is 12.9. The number of hydrogen-bond donors (Lipinski definition) is 3. The minimum atomic E-state index is -0.828. The summed E-state index contributed by atoms with van der Waals surface area (Å²) >= 11 is 0. The zero-order valence-corrected chi connectivity index (χ0v) is 6.62. The van der Waals surface area contributed by atoms with E-state index in [4.69, 9.17) is 16.6 Å². The summed E-state index contributed by atoms with van der Waals surface area (Å²) in [4.78, 5) is 10.1. The van der Waals surface area contributed by atoms with Crippen LogP contribution in [0.15, 0.2) is 0 Å². The molecule has 0 amide bonds. The lowest BCUT2D eigenvalue weighted by atomic mass is 10.1. The topological polar surface area (TPSA) is 89.3 Å². The minimum Gasteiger partial charge on any atom is -0.481 e. The van der Waals surface area contributed by atoms with E-state index in [2.05, 4.69) is 0 Å². The standard InChI is InChI=1S/C7H16N2O2/c8-4-2-1-3-6(9)5-7(10)11/h6H,1-5,8-9H2,(H,10,11)/t6-/m0/s1. The van der Waals surface area contributed by atoms with Gasteiger partial charge in [-0.2, -0.15) is 0 Å².